The number of hydrogen-bond acceptors (Lipinski definition) is 7. The van der Waals surface area contributed by atoms with Crippen molar-refractivity contribution in [3.8, 4) is 17.2 Å². The van der Waals surface area contributed by atoms with Crippen molar-refractivity contribution in [1.29, 1.82) is 0 Å². The molecule has 0 aliphatic carbocycles. The fraction of sp³-hybridized carbons (Fsp3) is 0.440. The summed E-state index contributed by atoms with van der Waals surface area (Å²) in [6, 6.07) is 11.5. The minimum atomic E-state index is -3.61. The molecule has 11 heteroatoms. The zero-order chi connectivity index (χ0) is 26.3. The summed E-state index contributed by atoms with van der Waals surface area (Å²) in [7, 11) is -2.04. The van der Waals surface area contributed by atoms with E-state index >= 15 is 0 Å². The van der Waals surface area contributed by atoms with E-state index in [1.54, 1.807) is 44.4 Å². The van der Waals surface area contributed by atoms with Crippen LogP contribution in [0, 0.1) is 0 Å². The molecule has 0 saturated heterocycles. The highest BCUT2D eigenvalue weighted by Gasteiger charge is 2.27. The summed E-state index contributed by atoms with van der Waals surface area (Å²) in [4.78, 5) is 27.3. The summed E-state index contributed by atoms with van der Waals surface area (Å²) in [5.41, 5.74) is 1.28. The first kappa shape index (κ1) is 27.1. The second-order valence-electron chi connectivity index (χ2n) is 8.42. The van der Waals surface area contributed by atoms with Crippen molar-refractivity contribution in [2.45, 2.75) is 39.3 Å². The Balaban J connectivity index is 1.72. The Morgan fingerprint density at radius 2 is 1.81 bits per heavy atom. The van der Waals surface area contributed by atoms with Crippen LogP contribution in [0.15, 0.2) is 42.5 Å². The van der Waals surface area contributed by atoms with E-state index in [-0.39, 0.29) is 44.5 Å². The van der Waals surface area contributed by atoms with E-state index in [9.17, 15) is 18.0 Å². The van der Waals surface area contributed by atoms with Crippen LogP contribution in [-0.4, -0.2) is 64.4 Å². The van der Waals surface area contributed by atoms with Crippen LogP contribution in [-0.2, 0) is 26.2 Å². The molecule has 0 bridgehead atoms. The minimum absolute atomic E-state index is 0.0659. The first-order chi connectivity index (χ1) is 17.1. The van der Waals surface area contributed by atoms with E-state index in [1.807, 2.05) is 19.1 Å². The summed E-state index contributed by atoms with van der Waals surface area (Å²) in [5, 5.41) is 2.76. The van der Waals surface area contributed by atoms with Gasteiger partial charge in [-0.25, -0.2) is 8.42 Å². The maximum atomic E-state index is 13.3. The molecule has 2 aromatic rings. The number of amides is 2. The monoisotopic (exact) mass is 519 g/mol. The zero-order valence-electron chi connectivity index (χ0n) is 21.0. The normalized spacial score (nSPS) is 13.1. The molecule has 3 rings (SSSR count). The first-order valence-corrected chi connectivity index (χ1v) is 13.6. The molecule has 1 unspecified atom stereocenters. The number of anilines is 1. The van der Waals surface area contributed by atoms with Crippen molar-refractivity contribution < 1.29 is 32.2 Å². The topological polar surface area (TPSA) is 114 Å². The van der Waals surface area contributed by atoms with E-state index < -0.39 is 16.1 Å². The number of hydrogen-bond donors (Lipinski definition) is 1. The van der Waals surface area contributed by atoms with Crippen molar-refractivity contribution in [2.75, 3.05) is 37.6 Å². The number of nitrogens with one attached hydrogen (secondary N) is 1. The van der Waals surface area contributed by atoms with Crippen LogP contribution in [0.25, 0.3) is 0 Å². The summed E-state index contributed by atoms with van der Waals surface area (Å²) in [6.07, 6.45) is 1.45. The van der Waals surface area contributed by atoms with Crippen molar-refractivity contribution in [3.05, 3.63) is 48.0 Å². The second-order valence-corrected chi connectivity index (χ2v) is 10.3. The molecule has 36 heavy (non-hydrogen) atoms. The first-order valence-electron chi connectivity index (χ1n) is 11.7. The highest BCUT2D eigenvalue weighted by Crippen LogP contribution is 2.36. The van der Waals surface area contributed by atoms with E-state index in [0.717, 1.165) is 11.8 Å². The Kier molecular flexibility index (Phi) is 9.03. The second kappa shape index (κ2) is 12.0. The molecule has 0 radical (unpaired) electrons. The standard InChI is InChI=1S/C25H33N3O7S/c1-5-26-25(30)18(2)27(16-19-8-11-21(33-3)12-9-19)24(29)7-6-14-28(36(4,31)32)20-10-13-22-23(15-20)35-17-34-22/h8-13,15,18H,5-7,14,16-17H2,1-4H3,(H,26,30). The Morgan fingerprint density at radius 3 is 2.44 bits per heavy atom. The highest BCUT2D eigenvalue weighted by atomic mass is 32.2. The van der Waals surface area contributed by atoms with Gasteiger partial charge in [0, 0.05) is 32.1 Å². The number of likely N-dealkylation sites (N-methyl/N-ethyl adjacent to an activating group) is 1. The van der Waals surface area contributed by atoms with Gasteiger partial charge >= 0.3 is 0 Å². The Hall–Kier alpha value is -3.47. The van der Waals surface area contributed by atoms with Crippen LogP contribution in [0.4, 0.5) is 5.69 Å². The Labute approximate surface area is 212 Å². The van der Waals surface area contributed by atoms with Gasteiger partial charge in [-0.3, -0.25) is 13.9 Å². The number of sulfonamides is 1. The lowest BCUT2D eigenvalue weighted by molar-refractivity contribution is -0.140. The number of benzene rings is 2. The maximum absolute atomic E-state index is 13.3. The van der Waals surface area contributed by atoms with E-state index in [1.165, 1.54) is 9.21 Å². The smallest absolute Gasteiger partial charge is 0.242 e. The fourth-order valence-corrected chi connectivity index (χ4v) is 4.83. The Bertz CT molecular complexity index is 1170. The number of rotatable bonds is 12. The summed E-state index contributed by atoms with van der Waals surface area (Å²) < 4.78 is 42.1. The molecule has 196 valence electrons. The molecule has 1 atom stereocenters. The Morgan fingerprint density at radius 1 is 1.11 bits per heavy atom. The predicted octanol–water partition coefficient (Wildman–Crippen LogP) is 2.52. The molecule has 0 fully saturated rings. The van der Waals surface area contributed by atoms with Gasteiger partial charge in [0.05, 0.1) is 19.1 Å². The third-order valence-electron chi connectivity index (χ3n) is 5.83. The summed E-state index contributed by atoms with van der Waals surface area (Å²) >= 11 is 0. The van der Waals surface area contributed by atoms with E-state index in [0.29, 0.717) is 29.5 Å². The predicted molar refractivity (Wildman–Crippen MR) is 136 cm³/mol. The van der Waals surface area contributed by atoms with Gasteiger partial charge in [0.2, 0.25) is 28.6 Å². The van der Waals surface area contributed by atoms with Gasteiger partial charge in [-0.05, 0) is 50.1 Å². The van der Waals surface area contributed by atoms with Crippen LogP contribution in [0.5, 0.6) is 17.2 Å². The molecule has 0 saturated carbocycles. The third-order valence-corrected chi connectivity index (χ3v) is 7.02. The molecule has 0 aromatic heterocycles. The van der Waals surface area contributed by atoms with E-state index in [4.69, 9.17) is 14.2 Å². The van der Waals surface area contributed by atoms with Gasteiger partial charge in [-0.1, -0.05) is 12.1 Å². The third kappa shape index (κ3) is 6.81. The fourth-order valence-electron chi connectivity index (χ4n) is 3.88. The van der Waals surface area contributed by atoms with Gasteiger partial charge in [0.1, 0.15) is 11.8 Å². The van der Waals surface area contributed by atoms with Crippen LogP contribution in [0.1, 0.15) is 32.3 Å². The lowest BCUT2D eigenvalue weighted by atomic mass is 10.1. The molecule has 10 nitrogen and oxygen atoms in total. The number of nitrogens with zero attached hydrogens (tertiary/aromatic N) is 2. The van der Waals surface area contributed by atoms with Crippen molar-refractivity contribution in [1.82, 2.24) is 10.2 Å². The maximum Gasteiger partial charge on any atom is 0.242 e. The number of carbonyl (C=O) groups is 2. The number of methoxy groups -OCH3 is 1. The molecule has 2 amide bonds. The zero-order valence-corrected chi connectivity index (χ0v) is 21.8. The molecular weight excluding hydrogens is 486 g/mol. The van der Waals surface area contributed by atoms with E-state index in [2.05, 4.69) is 5.32 Å². The largest absolute Gasteiger partial charge is 0.497 e. The van der Waals surface area contributed by atoms with Gasteiger partial charge < -0.3 is 24.4 Å². The number of fused-ring (bicyclic) bond motifs is 1. The van der Waals surface area contributed by atoms with Gasteiger partial charge in [-0.2, -0.15) is 0 Å². The van der Waals surface area contributed by atoms with Crippen LogP contribution >= 0.6 is 0 Å². The summed E-state index contributed by atoms with van der Waals surface area (Å²) in [6.45, 7) is 4.36. The molecule has 1 heterocycles. The summed E-state index contributed by atoms with van der Waals surface area (Å²) in [5.74, 6) is 1.22. The molecule has 1 aliphatic heterocycles. The lowest BCUT2D eigenvalue weighted by Gasteiger charge is -2.29. The van der Waals surface area contributed by atoms with Crippen molar-refractivity contribution in [2.24, 2.45) is 0 Å². The van der Waals surface area contributed by atoms with Gasteiger partial charge in [0.25, 0.3) is 0 Å². The molecule has 2 aromatic carbocycles. The number of carbonyl (C=O) groups excluding carboxylic acids is 2. The average molecular weight is 520 g/mol. The van der Waals surface area contributed by atoms with Crippen molar-refractivity contribution in [3.63, 3.8) is 0 Å². The van der Waals surface area contributed by atoms with Crippen LogP contribution < -0.4 is 23.8 Å². The minimum Gasteiger partial charge on any atom is -0.497 e. The van der Waals surface area contributed by atoms with Crippen molar-refractivity contribution >= 4 is 27.5 Å². The SMILES string of the molecule is CCNC(=O)C(C)N(Cc1ccc(OC)cc1)C(=O)CCCN(c1ccc2c(c1)OCO2)S(C)(=O)=O. The number of ether oxygens (including phenoxy) is 3. The van der Waals surface area contributed by atoms with Gasteiger partial charge in [-0.15, -0.1) is 0 Å². The van der Waals surface area contributed by atoms with Gasteiger partial charge in [0.15, 0.2) is 11.5 Å². The highest BCUT2D eigenvalue weighted by molar-refractivity contribution is 7.92. The van der Waals surface area contributed by atoms with Crippen LogP contribution in [0.2, 0.25) is 0 Å². The average Bonchev–Trinajstić information content (AvgIpc) is 3.32. The quantitative estimate of drug-likeness (QED) is 0.458. The molecule has 1 aliphatic rings. The van der Waals surface area contributed by atoms with Crippen LogP contribution in [0.3, 0.4) is 0 Å². The lowest BCUT2D eigenvalue weighted by Crippen LogP contribution is -2.47. The molecular formula is C25H33N3O7S. The molecule has 1 N–H and O–H groups in total. The molecule has 0 spiro atoms.